The molecule has 0 aliphatic heterocycles. The van der Waals surface area contributed by atoms with Gasteiger partial charge in [0.15, 0.2) is 0 Å². The second-order valence-corrected chi connectivity index (χ2v) is 3.35. The third-order valence-electron chi connectivity index (χ3n) is 2.29. The normalized spacial score (nSPS) is 14.4. The maximum atomic E-state index is 6.00. The van der Waals surface area contributed by atoms with Crippen LogP contribution in [-0.4, -0.2) is 6.54 Å². The monoisotopic (exact) mass is 188 g/mol. The quantitative estimate of drug-likeness (QED) is 0.699. The van der Waals surface area contributed by atoms with Gasteiger partial charge in [-0.2, -0.15) is 0 Å². The van der Waals surface area contributed by atoms with Gasteiger partial charge in [0, 0.05) is 18.5 Å². The lowest BCUT2D eigenvalue weighted by atomic mass is 9.96. The minimum atomic E-state index is -0.0131. The van der Waals surface area contributed by atoms with E-state index in [0.29, 0.717) is 6.54 Å². The van der Waals surface area contributed by atoms with E-state index in [0.717, 1.165) is 12.0 Å². The standard InChI is InChI=1S/C12H16N2/c1-2-10(9-13)8-12(14)11-6-4-3-5-7-11/h1,3-7,10,12H,8-9,13-14H2. The van der Waals surface area contributed by atoms with Crippen LogP contribution in [0.1, 0.15) is 18.0 Å². The second kappa shape index (κ2) is 5.43. The highest BCUT2D eigenvalue weighted by Gasteiger charge is 2.10. The van der Waals surface area contributed by atoms with E-state index in [2.05, 4.69) is 5.92 Å². The Morgan fingerprint density at radius 1 is 1.29 bits per heavy atom. The molecule has 74 valence electrons. The Labute approximate surface area is 85.3 Å². The Balaban J connectivity index is 2.59. The lowest BCUT2D eigenvalue weighted by molar-refractivity contribution is 0.537. The molecule has 0 aliphatic rings. The lowest BCUT2D eigenvalue weighted by Gasteiger charge is -2.15. The van der Waals surface area contributed by atoms with Gasteiger partial charge in [-0.15, -0.1) is 12.3 Å². The van der Waals surface area contributed by atoms with Crippen LogP contribution in [-0.2, 0) is 0 Å². The first kappa shape index (κ1) is 10.8. The highest BCUT2D eigenvalue weighted by atomic mass is 14.6. The Morgan fingerprint density at radius 2 is 1.93 bits per heavy atom. The molecule has 0 aromatic heterocycles. The van der Waals surface area contributed by atoms with Gasteiger partial charge in [0.2, 0.25) is 0 Å². The first-order valence-electron chi connectivity index (χ1n) is 4.74. The van der Waals surface area contributed by atoms with E-state index in [9.17, 15) is 0 Å². The van der Waals surface area contributed by atoms with Crippen molar-refractivity contribution in [3.05, 3.63) is 35.9 Å². The summed E-state index contributed by atoms with van der Waals surface area (Å²) in [5, 5.41) is 0. The minimum absolute atomic E-state index is 0.0131. The van der Waals surface area contributed by atoms with Crippen LogP contribution in [0.4, 0.5) is 0 Å². The predicted molar refractivity (Wildman–Crippen MR) is 59.4 cm³/mol. The smallest absolute Gasteiger partial charge is 0.0340 e. The van der Waals surface area contributed by atoms with Gasteiger partial charge in [-0.3, -0.25) is 0 Å². The third kappa shape index (κ3) is 2.88. The first-order chi connectivity index (χ1) is 6.77. The molecular weight excluding hydrogens is 172 g/mol. The van der Waals surface area contributed by atoms with E-state index < -0.39 is 0 Å². The average Bonchev–Trinajstić information content (AvgIpc) is 2.26. The third-order valence-corrected chi connectivity index (χ3v) is 2.29. The van der Waals surface area contributed by atoms with Crippen LogP contribution in [0.3, 0.4) is 0 Å². The lowest BCUT2D eigenvalue weighted by Crippen LogP contribution is -2.20. The molecule has 0 fully saturated rings. The van der Waals surface area contributed by atoms with E-state index >= 15 is 0 Å². The van der Waals surface area contributed by atoms with Crippen molar-refractivity contribution >= 4 is 0 Å². The van der Waals surface area contributed by atoms with Crippen molar-refractivity contribution in [2.75, 3.05) is 6.54 Å². The molecule has 0 bridgehead atoms. The molecular formula is C12H16N2. The Morgan fingerprint density at radius 3 is 2.43 bits per heavy atom. The fraction of sp³-hybridized carbons (Fsp3) is 0.333. The van der Waals surface area contributed by atoms with E-state index in [1.165, 1.54) is 0 Å². The van der Waals surface area contributed by atoms with Crippen LogP contribution in [0.5, 0.6) is 0 Å². The molecule has 0 saturated carbocycles. The summed E-state index contributed by atoms with van der Waals surface area (Å²) < 4.78 is 0. The Hall–Kier alpha value is -1.30. The van der Waals surface area contributed by atoms with Crippen molar-refractivity contribution < 1.29 is 0 Å². The number of rotatable bonds is 4. The van der Waals surface area contributed by atoms with Gasteiger partial charge in [-0.05, 0) is 12.0 Å². The zero-order chi connectivity index (χ0) is 10.4. The van der Waals surface area contributed by atoms with Gasteiger partial charge in [0.1, 0.15) is 0 Å². The summed E-state index contributed by atoms with van der Waals surface area (Å²) in [5.41, 5.74) is 12.6. The molecule has 4 N–H and O–H groups in total. The molecule has 1 rings (SSSR count). The molecule has 1 aromatic carbocycles. The molecule has 2 nitrogen and oxygen atoms in total. The maximum Gasteiger partial charge on any atom is 0.0340 e. The molecule has 0 spiro atoms. The maximum absolute atomic E-state index is 6.00. The summed E-state index contributed by atoms with van der Waals surface area (Å²) in [6.45, 7) is 0.497. The fourth-order valence-corrected chi connectivity index (χ4v) is 1.38. The van der Waals surface area contributed by atoms with Crippen LogP contribution in [0.2, 0.25) is 0 Å². The van der Waals surface area contributed by atoms with Gasteiger partial charge < -0.3 is 11.5 Å². The fourth-order valence-electron chi connectivity index (χ4n) is 1.38. The topological polar surface area (TPSA) is 52.0 Å². The van der Waals surface area contributed by atoms with Crippen molar-refractivity contribution in [3.63, 3.8) is 0 Å². The zero-order valence-corrected chi connectivity index (χ0v) is 8.19. The summed E-state index contributed by atoms with van der Waals surface area (Å²) in [6.07, 6.45) is 6.07. The molecule has 2 heteroatoms. The summed E-state index contributed by atoms with van der Waals surface area (Å²) in [6, 6.07) is 9.92. The van der Waals surface area contributed by atoms with E-state index in [4.69, 9.17) is 17.9 Å². The van der Waals surface area contributed by atoms with Crippen molar-refractivity contribution in [3.8, 4) is 12.3 Å². The van der Waals surface area contributed by atoms with Gasteiger partial charge in [-0.25, -0.2) is 0 Å². The predicted octanol–water partition coefficient (Wildman–Crippen LogP) is 1.28. The Bertz CT molecular complexity index is 300. The molecule has 2 unspecified atom stereocenters. The van der Waals surface area contributed by atoms with Crippen molar-refractivity contribution in [1.82, 2.24) is 0 Å². The SMILES string of the molecule is C#CC(CN)CC(N)c1ccccc1. The molecule has 0 heterocycles. The van der Waals surface area contributed by atoms with Crippen LogP contribution in [0.15, 0.2) is 30.3 Å². The van der Waals surface area contributed by atoms with E-state index in [-0.39, 0.29) is 12.0 Å². The second-order valence-electron chi connectivity index (χ2n) is 3.35. The van der Waals surface area contributed by atoms with E-state index in [1.807, 2.05) is 30.3 Å². The van der Waals surface area contributed by atoms with Crippen LogP contribution >= 0.6 is 0 Å². The van der Waals surface area contributed by atoms with Gasteiger partial charge in [-0.1, -0.05) is 30.3 Å². The molecule has 0 radical (unpaired) electrons. The number of benzene rings is 1. The van der Waals surface area contributed by atoms with Crippen LogP contribution in [0.25, 0.3) is 0 Å². The largest absolute Gasteiger partial charge is 0.329 e. The average molecular weight is 188 g/mol. The van der Waals surface area contributed by atoms with Crippen LogP contribution < -0.4 is 11.5 Å². The first-order valence-corrected chi connectivity index (χ1v) is 4.74. The Kier molecular flexibility index (Phi) is 4.18. The van der Waals surface area contributed by atoms with E-state index in [1.54, 1.807) is 0 Å². The minimum Gasteiger partial charge on any atom is -0.329 e. The highest BCUT2D eigenvalue weighted by Crippen LogP contribution is 2.17. The highest BCUT2D eigenvalue weighted by molar-refractivity contribution is 5.19. The van der Waals surface area contributed by atoms with Crippen molar-refractivity contribution in [1.29, 1.82) is 0 Å². The summed E-state index contributed by atoms with van der Waals surface area (Å²) in [5.74, 6) is 2.72. The molecule has 0 saturated heterocycles. The number of hydrogen-bond donors (Lipinski definition) is 2. The van der Waals surface area contributed by atoms with Gasteiger partial charge in [0.25, 0.3) is 0 Å². The summed E-state index contributed by atoms with van der Waals surface area (Å²) in [4.78, 5) is 0. The molecule has 1 aromatic rings. The summed E-state index contributed by atoms with van der Waals surface area (Å²) >= 11 is 0. The summed E-state index contributed by atoms with van der Waals surface area (Å²) in [7, 11) is 0. The van der Waals surface area contributed by atoms with Gasteiger partial charge >= 0.3 is 0 Å². The number of nitrogens with two attached hydrogens (primary N) is 2. The van der Waals surface area contributed by atoms with Crippen molar-refractivity contribution in [2.24, 2.45) is 17.4 Å². The van der Waals surface area contributed by atoms with Crippen LogP contribution in [0, 0.1) is 18.3 Å². The molecule has 2 atom stereocenters. The molecule has 0 aliphatic carbocycles. The molecule has 14 heavy (non-hydrogen) atoms. The molecule has 0 amide bonds. The van der Waals surface area contributed by atoms with Crippen molar-refractivity contribution in [2.45, 2.75) is 12.5 Å². The number of terminal acetylenes is 1. The zero-order valence-electron chi connectivity index (χ0n) is 8.19. The van der Waals surface area contributed by atoms with Gasteiger partial charge in [0.05, 0.1) is 0 Å². The number of hydrogen-bond acceptors (Lipinski definition) is 2.